The van der Waals surface area contributed by atoms with Gasteiger partial charge < -0.3 is 4.98 Å². The summed E-state index contributed by atoms with van der Waals surface area (Å²) in [5.41, 5.74) is 3.03. The topological polar surface area (TPSA) is 88.9 Å². The minimum Gasteiger partial charge on any atom is -0.309 e. The van der Waals surface area contributed by atoms with Crippen molar-refractivity contribution in [1.82, 2.24) is 9.97 Å². The van der Waals surface area contributed by atoms with Crippen LogP contribution in [-0.2, 0) is 5.75 Å². The van der Waals surface area contributed by atoms with Gasteiger partial charge in [-0.1, -0.05) is 29.8 Å². The van der Waals surface area contributed by atoms with E-state index in [2.05, 4.69) is 9.97 Å². The van der Waals surface area contributed by atoms with Gasteiger partial charge in [0.2, 0.25) is 0 Å². The number of rotatable bonds is 5. The van der Waals surface area contributed by atoms with Crippen molar-refractivity contribution < 1.29 is 4.92 Å². The number of thioether (sulfide) groups is 1. The molecule has 0 atom stereocenters. The van der Waals surface area contributed by atoms with Crippen LogP contribution >= 0.6 is 23.1 Å². The molecule has 0 aliphatic heterocycles. The van der Waals surface area contributed by atoms with Crippen molar-refractivity contribution in [3.05, 3.63) is 85.3 Å². The fourth-order valence-electron chi connectivity index (χ4n) is 3.12. The van der Waals surface area contributed by atoms with Crippen LogP contribution in [0.1, 0.15) is 16.3 Å². The average molecular weight is 424 g/mol. The molecule has 0 amide bonds. The number of benzene rings is 2. The third-order valence-corrected chi connectivity index (χ3v) is 6.57. The molecular weight excluding hydrogens is 406 g/mol. The standard InChI is InChI=1S/C21H17N3O3S2/c1-12-3-5-14(6-4-12)18-13(2)29-21-19(18)20(25)22-17(23-21)11-28-16-9-7-15(8-10-16)24(26)27/h3-10H,11H2,1-2H3,(H,22,23,25). The second-order valence-corrected chi connectivity index (χ2v) is 8.88. The summed E-state index contributed by atoms with van der Waals surface area (Å²) in [7, 11) is 0. The highest BCUT2D eigenvalue weighted by Gasteiger charge is 2.16. The third-order valence-electron chi connectivity index (χ3n) is 4.55. The van der Waals surface area contributed by atoms with Gasteiger partial charge in [-0.2, -0.15) is 0 Å². The highest BCUT2D eigenvalue weighted by atomic mass is 32.2. The van der Waals surface area contributed by atoms with Crippen molar-refractivity contribution in [2.45, 2.75) is 24.5 Å². The van der Waals surface area contributed by atoms with Crippen LogP contribution in [0.4, 0.5) is 5.69 Å². The fourth-order valence-corrected chi connectivity index (χ4v) is 4.95. The monoisotopic (exact) mass is 423 g/mol. The van der Waals surface area contributed by atoms with Crippen molar-refractivity contribution in [3.63, 3.8) is 0 Å². The second kappa shape index (κ2) is 7.81. The number of aromatic nitrogens is 2. The summed E-state index contributed by atoms with van der Waals surface area (Å²) in [5, 5.41) is 11.4. The molecule has 29 heavy (non-hydrogen) atoms. The zero-order valence-electron chi connectivity index (χ0n) is 15.8. The molecule has 6 nitrogen and oxygen atoms in total. The van der Waals surface area contributed by atoms with Gasteiger partial charge in [0.1, 0.15) is 10.7 Å². The van der Waals surface area contributed by atoms with Gasteiger partial charge in [0, 0.05) is 27.5 Å². The second-order valence-electron chi connectivity index (χ2n) is 6.63. The largest absolute Gasteiger partial charge is 0.309 e. The first kappa shape index (κ1) is 19.4. The van der Waals surface area contributed by atoms with E-state index >= 15 is 0 Å². The van der Waals surface area contributed by atoms with Crippen LogP contribution in [0, 0.1) is 24.0 Å². The molecule has 2 aromatic carbocycles. The molecule has 2 aromatic heterocycles. The maximum absolute atomic E-state index is 12.8. The van der Waals surface area contributed by atoms with E-state index in [0.29, 0.717) is 17.0 Å². The Hall–Kier alpha value is -2.97. The molecule has 4 aromatic rings. The molecule has 8 heteroatoms. The first-order chi connectivity index (χ1) is 13.9. The fraction of sp³-hybridized carbons (Fsp3) is 0.143. The lowest BCUT2D eigenvalue weighted by molar-refractivity contribution is -0.384. The number of non-ortho nitro benzene ring substituents is 1. The van der Waals surface area contributed by atoms with E-state index in [-0.39, 0.29) is 11.2 Å². The number of hydrogen-bond acceptors (Lipinski definition) is 6. The smallest absolute Gasteiger partial charge is 0.269 e. The maximum Gasteiger partial charge on any atom is 0.269 e. The van der Waals surface area contributed by atoms with Crippen molar-refractivity contribution >= 4 is 39.0 Å². The maximum atomic E-state index is 12.8. The number of thiophene rings is 1. The van der Waals surface area contributed by atoms with E-state index in [9.17, 15) is 14.9 Å². The third kappa shape index (κ3) is 3.94. The van der Waals surface area contributed by atoms with Gasteiger partial charge in [-0.25, -0.2) is 4.98 Å². The number of nitro groups is 1. The van der Waals surface area contributed by atoms with Crippen molar-refractivity contribution in [1.29, 1.82) is 0 Å². The van der Waals surface area contributed by atoms with E-state index in [1.807, 2.05) is 38.1 Å². The van der Waals surface area contributed by atoms with Gasteiger partial charge in [-0.05, 0) is 31.5 Å². The molecule has 1 N–H and O–H groups in total. The average Bonchev–Trinajstić information content (AvgIpc) is 3.03. The van der Waals surface area contributed by atoms with Gasteiger partial charge in [0.25, 0.3) is 11.2 Å². The van der Waals surface area contributed by atoms with Gasteiger partial charge in [-0.15, -0.1) is 23.1 Å². The molecule has 146 valence electrons. The molecule has 0 spiro atoms. The Labute approximate surface area is 174 Å². The van der Waals surface area contributed by atoms with E-state index in [0.717, 1.165) is 25.7 Å². The minimum absolute atomic E-state index is 0.0556. The van der Waals surface area contributed by atoms with Crippen LogP contribution in [0.15, 0.2) is 58.2 Å². The van der Waals surface area contributed by atoms with E-state index in [4.69, 9.17) is 0 Å². The molecule has 0 saturated heterocycles. The van der Waals surface area contributed by atoms with E-state index in [1.54, 1.807) is 12.1 Å². The SMILES string of the molecule is Cc1ccc(-c2c(C)sc3nc(CSc4ccc([N+](=O)[O-])cc4)[nH]c(=O)c23)cc1. The number of nitrogens with one attached hydrogen (secondary N) is 1. The first-order valence-electron chi connectivity index (χ1n) is 8.89. The highest BCUT2D eigenvalue weighted by molar-refractivity contribution is 7.98. The molecule has 0 aliphatic carbocycles. The van der Waals surface area contributed by atoms with Crippen LogP contribution in [0.3, 0.4) is 0 Å². The summed E-state index contributed by atoms with van der Waals surface area (Å²) in [6.45, 7) is 4.04. The van der Waals surface area contributed by atoms with E-state index in [1.165, 1.54) is 40.8 Å². The highest BCUT2D eigenvalue weighted by Crippen LogP contribution is 2.36. The normalized spacial score (nSPS) is 11.1. The van der Waals surface area contributed by atoms with Crippen LogP contribution < -0.4 is 5.56 Å². The summed E-state index contributed by atoms with van der Waals surface area (Å²) < 4.78 is 0. The number of aryl methyl sites for hydroxylation is 2. The summed E-state index contributed by atoms with van der Waals surface area (Å²) in [6, 6.07) is 14.5. The molecule has 0 saturated carbocycles. The van der Waals surface area contributed by atoms with Crippen molar-refractivity contribution in [3.8, 4) is 11.1 Å². The Morgan fingerprint density at radius 3 is 2.45 bits per heavy atom. The van der Waals surface area contributed by atoms with Crippen LogP contribution in [-0.4, -0.2) is 14.9 Å². The zero-order valence-corrected chi connectivity index (χ0v) is 17.4. The lowest BCUT2D eigenvalue weighted by atomic mass is 10.0. The molecular formula is C21H17N3O3S2. The first-order valence-corrected chi connectivity index (χ1v) is 10.7. The molecule has 0 fully saturated rings. The van der Waals surface area contributed by atoms with Crippen LogP contribution in [0.25, 0.3) is 21.3 Å². The van der Waals surface area contributed by atoms with Gasteiger partial charge in [0.05, 0.1) is 16.1 Å². The summed E-state index contributed by atoms with van der Waals surface area (Å²) in [4.78, 5) is 33.4. The Morgan fingerprint density at radius 1 is 1.10 bits per heavy atom. The number of aromatic amines is 1. The molecule has 4 rings (SSSR count). The Bertz CT molecular complexity index is 1260. The molecule has 2 heterocycles. The molecule has 0 unspecified atom stereocenters. The lowest BCUT2D eigenvalue weighted by Crippen LogP contribution is -2.10. The summed E-state index contributed by atoms with van der Waals surface area (Å²) in [5.74, 6) is 1.06. The molecule has 0 bridgehead atoms. The Kier molecular flexibility index (Phi) is 5.21. The lowest BCUT2D eigenvalue weighted by Gasteiger charge is -2.04. The predicted molar refractivity (Wildman–Crippen MR) is 118 cm³/mol. The molecule has 0 aliphatic rings. The number of fused-ring (bicyclic) bond motifs is 1. The van der Waals surface area contributed by atoms with Crippen molar-refractivity contribution in [2.24, 2.45) is 0 Å². The Balaban J connectivity index is 1.63. The van der Waals surface area contributed by atoms with Gasteiger partial charge >= 0.3 is 0 Å². The number of nitro benzene ring substituents is 1. The zero-order chi connectivity index (χ0) is 20.5. The van der Waals surface area contributed by atoms with Gasteiger partial charge in [-0.3, -0.25) is 14.9 Å². The number of hydrogen-bond donors (Lipinski definition) is 1. The number of nitrogens with zero attached hydrogens (tertiary/aromatic N) is 2. The quantitative estimate of drug-likeness (QED) is 0.261. The Morgan fingerprint density at radius 2 is 1.79 bits per heavy atom. The van der Waals surface area contributed by atoms with E-state index < -0.39 is 4.92 Å². The minimum atomic E-state index is -0.424. The van der Waals surface area contributed by atoms with Gasteiger partial charge in [0.15, 0.2) is 0 Å². The van der Waals surface area contributed by atoms with Crippen LogP contribution in [0.5, 0.6) is 0 Å². The molecule has 0 radical (unpaired) electrons. The van der Waals surface area contributed by atoms with Crippen LogP contribution in [0.2, 0.25) is 0 Å². The summed E-state index contributed by atoms with van der Waals surface area (Å²) in [6.07, 6.45) is 0. The summed E-state index contributed by atoms with van der Waals surface area (Å²) >= 11 is 2.99. The van der Waals surface area contributed by atoms with Crippen molar-refractivity contribution in [2.75, 3.05) is 0 Å². The number of H-pyrrole nitrogens is 1. The predicted octanol–water partition coefficient (Wildman–Crippen LogP) is 5.47.